The number of anilines is 1. The Bertz CT molecular complexity index is 615. The Balaban J connectivity index is 2.02. The Morgan fingerprint density at radius 1 is 1.48 bits per heavy atom. The lowest BCUT2D eigenvalue weighted by Gasteiger charge is -2.30. The number of esters is 1. The van der Waals surface area contributed by atoms with Crippen LogP contribution in [0.25, 0.3) is 0 Å². The van der Waals surface area contributed by atoms with Crippen LogP contribution in [-0.4, -0.2) is 43.9 Å². The minimum Gasteiger partial charge on any atom is -0.469 e. The van der Waals surface area contributed by atoms with Crippen LogP contribution in [0.5, 0.6) is 0 Å². The van der Waals surface area contributed by atoms with Crippen LogP contribution in [0.15, 0.2) is 22.9 Å². The van der Waals surface area contributed by atoms with Gasteiger partial charge in [0, 0.05) is 19.3 Å². The molecule has 0 saturated carbocycles. The third-order valence-corrected chi connectivity index (χ3v) is 5.48. The van der Waals surface area contributed by atoms with Crippen molar-refractivity contribution in [1.29, 1.82) is 0 Å². The number of halogens is 1. The Hall–Kier alpha value is -1.19. The summed E-state index contributed by atoms with van der Waals surface area (Å²) < 4.78 is 33.5. The lowest BCUT2D eigenvalue weighted by molar-refractivity contribution is -0.146. The monoisotopic (exact) mass is 377 g/mol. The molecule has 116 valence electrons. The summed E-state index contributed by atoms with van der Waals surface area (Å²) in [6, 6.07) is 3.27. The molecule has 1 N–H and O–H groups in total. The second-order valence-corrected chi connectivity index (χ2v) is 7.07. The summed E-state index contributed by atoms with van der Waals surface area (Å²) in [4.78, 5) is 15.4. The average Bonchev–Trinajstić information content (AvgIpc) is 2.49. The Labute approximate surface area is 132 Å². The molecule has 0 bridgehead atoms. The van der Waals surface area contributed by atoms with Crippen LogP contribution in [0.2, 0.25) is 0 Å². The minimum absolute atomic E-state index is 0.230. The molecule has 1 aromatic heterocycles. The van der Waals surface area contributed by atoms with Crippen molar-refractivity contribution >= 4 is 37.8 Å². The highest BCUT2D eigenvalue weighted by atomic mass is 79.9. The summed E-state index contributed by atoms with van der Waals surface area (Å²) in [5.41, 5.74) is 0.382. The van der Waals surface area contributed by atoms with Crippen molar-refractivity contribution < 1.29 is 17.9 Å². The van der Waals surface area contributed by atoms with Gasteiger partial charge < -0.3 is 4.74 Å². The molecule has 2 heterocycles. The molecule has 1 aliphatic rings. The van der Waals surface area contributed by atoms with Crippen molar-refractivity contribution in [3.8, 4) is 0 Å². The van der Waals surface area contributed by atoms with Crippen LogP contribution in [0.3, 0.4) is 0 Å². The van der Waals surface area contributed by atoms with E-state index < -0.39 is 10.2 Å². The summed E-state index contributed by atoms with van der Waals surface area (Å²) in [5.74, 6) is -0.512. The highest BCUT2D eigenvalue weighted by Crippen LogP contribution is 2.24. The molecule has 1 aliphatic heterocycles. The standard InChI is InChI=1S/C12H16BrN3O4S/c1-20-12(17)9-4-7-16(8-5-9)21(18,19)15-10-3-2-6-14-11(10)13/h2-3,6,9,15H,4-5,7-8H2,1H3. The van der Waals surface area contributed by atoms with E-state index in [0.717, 1.165) is 0 Å². The van der Waals surface area contributed by atoms with E-state index in [2.05, 4.69) is 30.4 Å². The number of carbonyl (C=O) groups is 1. The predicted octanol–water partition coefficient (Wildman–Crippen LogP) is 1.39. The number of rotatable bonds is 4. The SMILES string of the molecule is COC(=O)C1CCN(S(=O)(=O)Nc2cccnc2Br)CC1. The summed E-state index contributed by atoms with van der Waals surface area (Å²) in [6.07, 6.45) is 2.48. The normalized spacial score (nSPS) is 17.4. The van der Waals surface area contributed by atoms with Crippen LogP contribution in [0, 0.1) is 5.92 Å². The first-order chi connectivity index (χ1) is 9.94. The lowest BCUT2D eigenvalue weighted by Crippen LogP contribution is -2.43. The molecule has 0 atom stereocenters. The van der Waals surface area contributed by atoms with Gasteiger partial charge in [-0.15, -0.1) is 0 Å². The van der Waals surface area contributed by atoms with E-state index in [4.69, 9.17) is 0 Å². The first kappa shape index (κ1) is 16.2. The van der Waals surface area contributed by atoms with Gasteiger partial charge in [-0.05, 0) is 40.9 Å². The highest BCUT2D eigenvalue weighted by molar-refractivity contribution is 9.10. The van der Waals surface area contributed by atoms with E-state index >= 15 is 0 Å². The quantitative estimate of drug-likeness (QED) is 0.632. The summed E-state index contributed by atoms with van der Waals surface area (Å²) in [7, 11) is -2.31. The molecular weight excluding hydrogens is 362 g/mol. The molecule has 0 amide bonds. The highest BCUT2D eigenvalue weighted by Gasteiger charge is 2.31. The van der Waals surface area contributed by atoms with E-state index in [1.807, 2.05) is 0 Å². The molecule has 0 aromatic carbocycles. The minimum atomic E-state index is -3.65. The molecule has 2 rings (SSSR count). The maximum absolute atomic E-state index is 12.3. The van der Waals surface area contributed by atoms with Crippen LogP contribution in [0.1, 0.15) is 12.8 Å². The van der Waals surface area contributed by atoms with Gasteiger partial charge in [-0.3, -0.25) is 9.52 Å². The molecular formula is C12H16BrN3O4S. The summed E-state index contributed by atoms with van der Waals surface area (Å²) in [5, 5.41) is 0. The maximum Gasteiger partial charge on any atom is 0.308 e. The number of pyridine rings is 1. The molecule has 7 nitrogen and oxygen atoms in total. The van der Waals surface area contributed by atoms with Gasteiger partial charge in [0.25, 0.3) is 0 Å². The fraction of sp³-hybridized carbons (Fsp3) is 0.500. The zero-order chi connectivity index (χ0) is 15.5. The number of hydrogen-bond donors (Lipinski definition) is 1. The third-order valence-electron chi connectivity index (χ3n) is 3.33. The third kappa shape index (κ3) is 3.92. The first-order valence-electron chi connectivity index (χ1n) is 6.40. The lowest BCUT2D eigenvalue weighted by atomic mass is 9.99. The molecule has 1 saturated heterocycles. The summed E-state index contributed by atoms with van der Waals surface area (Å²) >= 11 is 3.19. The molecule has 9 heteroatoms. The summed E-state index contributed by atoms with van der Waals surface area (Å²) in [6.45, 7) is 0.569. The molecule has 0 spiro atoms. The molecule has 0 radical (unpaired) electrons. The van der Waals surface area contributed by atoms with E-state index in [1.54, 1.807) is 18.3 Å². The van der Waals surface area contributed by atoms with Crippen molar-refractivity contribution in [1.82, 2.24) is 9.29 Å². The van der Waals surface area contributed by atoms with Gasteiger partial charge in [0.05, 0.1) is 18.7 Å². The zero-order valence-corrected chi connectivity index (χ0v) is 13.9. The second-order valence-electron chi connectivity index (χ2n) is 4.65. The van der Waals surface area contributed by atoms with Crippen LogP contribution in [-0.2, 0) is 19.7 Å². The number of hydrogen-bond acceptors (Lipinski definition) is 5. The molecule has 1 aromatic rings. The van der Waals surface area contributed by atoms with Crippen LogP contribution < -0.4 is 4.72 Å². The Kier molecular flexibility index (Phi) is 5.17. The van der Waals surface area contributed by atoms with Crippen molar-refractivity contribution in [3.05, 3.63) is 22.9 Å². The van der Waals surface area contributed by atoms with Gasteiger partial charge in [-0.1, -0.05) is 0 Å². The van der Waals surface area contributed by atoms with Gasteiger partial charge in [0.2, 0.25) is 0 Å². The topological polar surface area (TPSA) is 88.6 Å². The average molecular weight is 378 g/mol. The maximum atomic E-state index is 12.3. The predicted molar refractivity (Wildman–Crippen MR) is 80.8 cm³/mol. The van der Waals surface area contributed by atoms with E-state index in [9.17, 15) is 13.2 Å². The van der Waals surface area contributed by atoms with Crippen molar-refractivity contribution in [2.45, 2.75) is 12.8 Å². The number of aromatic nitrogens is 1. The molecule has 0 unspecified atom stereocenters. The number of nitrogens with zero attached hydrogens (tertiary/aromatic N) is 2. The molecule has 1 fully saturated rings. The van der Waals surface area contributed by atoms with Gasteiger partial charge in [-0.2, -0.15) is 12.7 Å². The largest absolute Gasteiger partial charge is 0.469 e. The van der Waals surface area contributed by atoms with E-state index in [0.29, 0.717) is 23.1 Å². The Morgan fingerprint density at radius 2 is 2.14 bits per heavy atom. The van der Waals surface area contributed by atoms with Gasteiger partial charge in [-0.25, -0.2) is 4.98 Å². The molecule has 0 aliphatic carbocycles. The first-order valence-corrected chi connectivity index (χ1v) is 8.63. The fourth-order valence-electron chi connectivity index (χ4n) is 2.16. The smallest absolute Gasteiger partial charge is 0.308 e. The number of nitrogens with one attached hydrogen (secondary N) is 1. The van der Waals surface area contributed by atoms with Crippen molar-refractivity contribution in [2.24, 2.45) is 5.92 Å². The van der Waals surface area contributed by atoms with Crippen molar-refractivity contribution in [3.63, 3.8) is 0 Å². The van der Waals surface area contributed by atoms with Crippen molar-refractivity contribution in [2.75, 3.05) is 24.9 Å². The van der Waals surface area contributed by atoms with Gasteiger partial charge >= 0.3 is 16.2 Å². The molecule has 21 heavy (non-hydrogen) atoms. The number of ether oxygens (including phenoxy) is 1. The number of piperidine rings is 1. The van der Waals surface area contributed by atoms with E-state index in [1.165, 1.54) is 11.4 Å². The van der Waals surface area contributed by atoms with Crippen LogP contribution >= 0.6 is 15.9 Å². The Morgan fingerprint density at radius 3 is 2.71 bits per heavy atom. The second kappa shape index (κ2) is 6.71. The fourth-order valence-corrected chi connectivity index (χ4v) is 3.91. The van der Waals surface area contributed by atoms with Gasteiger partial charge in [0.1, 0.15) is 4.60 Å². The number of methoxy groups -OCH3 is 1. The van der Waals surface area contributed by atoms with E-state index in [-0.39, 0.29) is 25.0 Å². The van der Waals surface area contributed by atoms with Crippen LogP contribution in [0.4, 0.5) is 5.69 Å². The zero-order valence-electron chi connectivity index (χ0n) is 11.5. The number of carbonyl (C=O) groups excluding carboxylic acids is 1. The van der Waals surface area contributed by atoms with Gasteiger partial charge in [0.15, 0.2) is 0 Å².